The maximum atomic E-state index is 2.34. The van der Waals surface area contributed by atoms with Gasteiger partial charge in [0.05, 0.1) is 0 Å². The van der Waals surface area contributed by atoms with Crippen LogP contribution in [0.1, 0.15) is 72.9 Å². The van der Waals surface area contributed by atoms with Gasteiger partial charge in [0.25, 0.3) is 0 Å². The van der Waals surface area contributed by atoms with E-state index in [9.17, 15) is 0 Å². The van der Waals surface area contributed by atoms with Crippen LogP contribution in [0.3, 0.4) is 0 Å². The first-order chi connectivity index (χ1) is 29.4. The standard InChI is InChI=1S/C58H52N2/c1-43(2)49-23-35-55(36-24-49)59(53-31-19-47(20-32-53)17-15-45-11-7-5-8-12-45)57-39-27-51(28-40-57)52-29-41-58(42-30-52)60(56-37-25-50(26-38-56)44(3)4)54-33-21-48(22-34-54)18-16-46-13-9-6-10-14-46/h5-44H,1-4H3. The van der Waals surface area contributed by atoms with Gasteiger partial charge in [0.15, 0.2) is 0 Å². The van der Waals surface area contributed by atoms with E-state index in [1.807, 2.05) is 12.1 Å². The highest BCUT2D eigenvalue weighted by atomic mass is 15.1. The van der Waals surface area contributed by atoms with E-state index in [4.69, 9.17) is 0 Å². The molecule has 0 spiro atoms. The van der Waals surface area contributed by atoms with E-state index in [2.05, 4.69) is 256 Å². The number of anilines is 6. The van der Waals surface area contributed by atoms with Crippen molar-refractivity contribution in [2.75, 3.05) is 9.80 Å². The molecule has 0 aliphatic rings. The second kappa shape index (κ2) is 18.6. The van der Waals surface area contributed by atoms with E-state index in [1.54, 1.807) is 0 Å². The molecule has 8 aromatic rings. The Morgan fingerprint density at radius 2 is 0.500 bits per heavy atom. The van der Waals surface area contributed by atoms with Crippen LogP contribution >= 0.6 is 0 Å². The lowest BCUT2D eigenvalue weighted by Gasteiger charge is -2.27. The van der Waals surface area contributed by atoms with Crippen molar-refractivity contribution in [3.8, 4) is 11.1 Å². The van der Waals surface area contributed by atoms with Gasteiger partial charge in [0.2, 0.25) is 0 Å². The van der Waals surface area contributed by atoms with Gasteiger partial charge in [-0.05, 0) is 129 Å². The molecule has 0 atom stereocenters. The minimum absolute atomic E-state index is 0.472. The fourth-order valence-corrected chi connectivity index (χ4v) is 7.50. The summed E-state index contributed by atoms with van der Waals surface area (Å²) in [6.45, 7) is 8.96. The predicted molar refractivity (Wildman–Crippen MR) is 260 cm³/mol. The van der Waals surface area contributed by atoms with Gasteiger partial charge in [-0.25, -0.2) is 0 Å². The summed E-state index contributed by atoms with van der Waals surface area (Å²) in [6, 6.07) is 74.3. The number of nitrogens with zero attached hydrogens (tertiary/aromatic N) is 2. The van der Waals surface area contributed by atoms with Gasteiger partial charge in [0.1, 0.15) is 0 Å². The molecule has 0 bridgehead atoms. The second-order valence-corrected chi connectivity index (χ2v) is 15.9. The molecular weight excluding hydrogens is 725 g/mol. The van der Waals surface area contributed by atoms with Gasteiger partial charge < -0.3 is 9.80 Å². The maximum absolute atomic E-state index is 2.34. The molecule has 0 aromatic heterocycles. The summed E-state index contributed by atoms with van der Waals surface area (Å²) in [5, 5.41) is 0. The van der Waals surface area contributed by atoms with Crippen molar-refractivity contribution in [3.05, 3.63) is 240 Å². The molecule has 2 nitrogen and oxygen atoms in total. The van der Waals surface area contributed by atoms with Crippen molar-refractivity contribution in [1.29, 1.82) is 0 Å². The predicted octanol–water partition coefficient (Wildman–Crippen LogP) is 16.9. The molecular formula is C58H52N2. The van der Waals surface area contributed by atoms with E-state index in [1.165, 1.54) is 33.4 Å². The normalized spacial score (nSPS) is 11.5. The molecule has 0 aliphatic carbocycles. The lowest BCUT2D eigenvalue weighted by Crippen LogP contribution is -2.10. The largest absolute Gasteiger partial charge is 0.311 e. The average Bonchev–Trinajstić information content (AvgIpc) is 3.30. The summed E-state index contributed by atoms with van der Waals surface area (Å²) in [6.07, 6.45) is 8.66. The van der Waals surface area contributed by atoms with Crippen molar-refractivity contribution in [1.82, 2.24) is 0 Å². The number of hydrogen-bond acceptors (Lipinski definition) is 2. The molecule has 0 radical (unpaired) electrons. The van der Waals surface area contributed by atoms with Crippen LogP contribution in [-0.4, -0.2) is 0 Å². The smallest absolute Gasteiger partial charge is 0.0462 e. The lowest BCUT2D eigenvalue weighted by molar-refractivity contribution is 0.866. The Kier molecular flexibility index (Phi) is 12.3. The Hall–Kier alpha value is -7.16. The molecule has 0 fully saturated rings. The molecule has 0 unspecified atom stereocenters. The zero-order chi connectivity index (χ0) is 41.3. The molecule has 8 rings (SSSR count). The van der Waals surface area contributed by atoms with Gasteiger partial charge in [-0.2, -0.15) is 0 Å². The van der Waals surface area contributed by atoms with E-state index in [-0.39, 0.29) is 0 Å². The first kappa shape index (κ1) is 39.7. The van der Waals surface area contributed by atoms with Crippen LogP contribution < -0.4 is 9.80 Å². The summed E-state index contributed by atoms with van der Waals surface area (Å²) in [7, 11) is 0. The molecule has 294 valence electrons. The molecule has 0 saturated heterocycles. The van der Waals surface area contributed by atoms with Crippen LogP contribution in [0.4, 0.5) is 34.1 Å². The first-order valence-electron chi connectivity index (χ1n) is 21.0. The molecule has 0 aliphatic heterocycles. The molecule has 0 amide bonds. The number of hydrogen-bond donors (Lipinski definition) is 0. The fraction of sp³-hybridized carbons (Fsp3) is 0.103. The van der Waals surface area contributed by atoms with E-state index < -0.39 is 0 Å². The summed E-state index contributed by atoms with van der Waals surface area (Å²) in [5.74, 6) is 0.944. The Bertz CT molecular complexity index is 2430. The number of benzene rings is 8. The summed E-state index contributed by atoms with van der Waals surface area (Å²) in [4.78, 5) is 4.68. The van der Waals surface area contributed by atoms with E-state index in [0.29, 0.717) is 11.8 Å². The Balaban J connectivity index is 1.07. The lowest BCUT2D eigenvalue weighted by atomic mass is 10.0. The minimum Gasteiger partial charge on any atom is -0.311 e. The Morgan fingerprint density at radius 1 is 0.267 bits per heavy atom. The van der Waals surface area contributed by atoms with Crippen molar-refractivity contribution < 1.29 is 0 Å². The van der Waals surface area contributed by atoms with Crippen LogP contribution in [0.2, 0.25) is 0 Å². The molecule has 8 aromatic carbocycles. The molecule has 60 heavy (non-hydrogen) atoms. The average molecular weight is 777 g/mol. The zero-order valence-electron chi connectivity index (χ0n) is 35.0. The Labute approximate surface area is 357 Å². The molecule has 2 heteroatoms. The molecule has 0 saturated carbocycles. The van der Waals surface area contributed by atoms with Gasteiger partial charge in [-0.15, -0.1) is 0 Å². The molecule has 0 heterocycles. The van der Waals surface area contributed by atoms with Crippen LogP contribution in [0.15, 0.2) is 206 Å². The van der Waals surface area contributed by atoms with Crippen molar-refractivity contribution in [3.63, 3.8) is 0 Å². The highest BCUT2D eigenvalue weighted by molar-refractivity contribution is 5.82. The van der Waals surface area contributed by atoms with E-state index in [0.717, 1.165) is 45.3 Å². The number of rotatable bonds is 13. The summed E-state index contributed by atoms with van der Waals surface area (Å²) in [5.41, 5.74) is 16.4. The molecule has 0 N–H and O–H groups in total. The van der Waals surface area contributed by atoms with Gasteiger partial charge in [-0.1, -0.05) is 185 Å². The summed E-state index contributed by atoms with van der Waals surface area (Å²) >= 11 is 0. The second-order valence-electron chi connectivity index (χ2n) is 15.9. The SMILES string of the molecule is CC(C)c1ccc(N(c2ccc(C=Cc3ccccc3)cc2)c2ccc(-c3ccc(N(c4ccc(C=Cc5ccccc5)cc4)c4ccc(C(C)C)cc4)cc3)cc2)cc1. The topological polar surface area (TPSA) is 6.48 Å². The van der Waals surface area contributed by atoms with Crippen molar-refractivity contribution >= 4 is 58.4 Å². The van der Waals surface area contributed by atoms with Crippen molar-refractivity contribution in [2.24, 2.45) is 0 Å². The highest BCUT2D eigenvalue weighted by Gasteiger charge is 2.16. The Morgan fingerprint density at radius 3 is 0.767 bits per heavy atom. The first-order valence-corrected chi connectivity index (χ1v) is 21.0. The van der Waals surface area contributed by atoms with Crippen LogP contribution in [0.25, 0.3) is 35.4 Å². The third-order valence-corrected chi connectivity index (χ3v) is 11.1. The van der Waals surface area contributed by atoms with Gasteiger partial charge in [-0.3, -0.25) is 0 Å². The quantitative estimate of drug-likeness (QED) is 0.108. The fourth-order valence-electron chi connectivity index (χ4n) is 7.50. The highest BCUT2D eigenvalue weighted by Crippen LogP contribution is 2.39. The van der Waals surface area contributed by atoms with Crippen molar-refractivity contribution in [2.45, 2.75) is 39.5 Å². The summed E-state index contributed by atoms with van der Waals surface area (Å²) < 4.78 is 0. The third kappa shape index (κ3) is 9.58. The van der Waals surface area contributed by atoms with Crippen LogP contribution in [-0.2, 0) is 0 Å². The van der Waals surface area contributed by atoms with Crippen LogP contribution in [0, 0.1) is 0 Å². The minimum atomic E-state index is 0.472. The zero-order valence-corrected chi connectivity index (χ0v) is 35.0. The third-order valence-electron chi connectivity index (χ3n) is 11.1. The van der Waals surface area contributed by atoms with Gasteiger partial charge in [0, 0.05) is 34.1 Å². The van der Waals surface area contributed by atoms with E-state index >= 15 is 0 Å². The monoisotopic (exact) mass is 776 g/mol. The van der Waals surface area contributed by atoms with Gasteiger partial charge >= 0.3 is 0 Å². The van der Waals surface area contributed by atoms with Crippen LogP contribution in [0.5, 0.6) is 0 Å². The maximum Gasteiger partial charge on any atom is 0.0462 e.